The van der Waals surface area contributed by atoms with Gasteiger partial charge in [0.1, 0.15) is 17.3 Å². The first kappa shape index (κ1) is 20.2. The molecular weight excluding hydrogens is 381 g/mol. The molecule has 0 unspecified atom stereocenters. The summed E-state index contributed by atoms with van der Waals surface area (Å²) in [6.07, 6.45) is 4.32. The van der Waals surface area contributed by atoms with Crippen LogP contribution in [0.1, 0.15) is 53.2 Å². The lowest BCUT2D eigenvalue weighted by molar-refractivity contribution is 0.0979. The fourth-order valence-corrected chi connectivity index (χ4v) is 3.97. The Morgan fingerprint density at radius 1 is 1.17 bits per heavy atom. The Balaban J connectivity index is 1.53. The van der Waals surface area contributed by atoms with Gasteiger partial charge in [-0.1, -0.05) is 36.4 Å². The molecule has 0 amide bonds. The van der Waals surface area contributed by atoms with Crippen LogP contribution in [0.25, 0.3) is 11.3 Å². The summed E-state index contributed by atoms with van der Waals surface area (Å²) in [7, 11) is 0. The number of aryl methyl sites for hydroxylation is 1. The van der Waals surface area contributed by atoms with Crippen molar-refractivity contribution in [2.24, 2.45) is 0 Å². The number of nitrogen functional groups attached to an aromatic ring is 1. The summed E-state index contributed by atoms with van der Waals surface area (Å²) in [6, 6.07) is 14.1. The van der Waals surface area contributed by atoms with Crippen molar-refractivity contribution in [3.05, 3.63) is 77.4 Å². The van der Waals surface area contributed by atoms with E-state index in [0.717, 1.165) is 24.1 Å². The van der Waals surface area contributed by atoms with Crippen LogP contribution in [0, 0.1) is 5.82 Å². The van der Waals surface area contributed by atoms with Gasteiger partial charge in [0.15, 0.2) is 5.78 Å². The highest BCUT2D eigenvalue weighted by Gasteiger charge is 2.26. The number of aromatic nitrogens is 2. The van der Waals surface area contributed by atoms with E-state index in [1.807, 2.05) is 30.3 Å². The van der Waals surface area contributed by atoms with Crippen LogP contribution in [0.4, 0.5) is 10.2 Å². The molecule has 30 heavy (non-hydrogen) atoms. The van der Waals surface area contributed by atoms with Crippen LogP contribution < -0.4 is 5.73 Å². The van der Waals surface area contributed by atoms with Crippen LogP contribution in [-0.2, 0) is 6.42 Å². The number of benzene rings is 2. The average Bonchev–Trinajstić information content (AvgIpc) is 3.19. The molecule has 3 aromatic rings. The van der Waals surface area contributed by atoms with Crippen molar-refractivity contribution in [2.45, 2.75) is 44.1 Å². The number of Topliss-reactive ketones (excluding diaryl/α,β-unsaturated/α-hetero) is 1. The molecule has 1 aliphatic carbocycles. The molecule has 0 radical (unpaired) electrons. The summed E-state index contributed by atoms with van der Waals surface area (Å²) in [5.41, 5.74) is 8.73. The molecule has 1 fully saturated rings. The molecule has 0 bridgehead atoms. The molecule has 5 nitrogen and oxygen atoms in total. The zero-order valence-electron chi connectivity index (χ0n) is 16.6. The van der Waals surface area contributed by atoms with E-state index in [1.54, 1.807) is 12.3 Å². The van der Waals surface area contributed by atoms with Crippen molar-refractivity contribution in [3.63, 3.8) is 0 Å². The van der Waals surface area contributed by atoms with Crippen LogP contribution in [-0.4, -0.2) is 27.0 Å². The second-order valence-electron chi connectivity index (χ2n) is 7.80. The van der Waals surface area contributed by atoms with Gasteiger partial charge in [0, 0.05) is 17.9 Å². The topological polar surface area (TPSA) is 89.1 Å². The van der Waals surface area contributed by atoms with Crippen molar-refractivity contribution >= 4 is 11.6 Å². The largest absolute Gasteiger partial charge is 0.393 e. The Hall–Kier alpha value is -3.12. The minimum atomic E-state index is -0.589. The fraction of sp³-hybridized carbons (Fsp3) is 0.292. The van der Waals surface area contributed by atoms with Crippen LogP contribution in [0.15, 0.2) is 54.7 Å². The predicted octanol–water partition coefficient (Wildman–Crippen LogP) is 4.31. The molecule has 0 saturated heterocycles. The number of rotatable bonds is 6. The standard InChI is InChI=1S/C24H24FN3O2/c25-20-13-17(8-10-19(20)22(30)11-6-15-4-2-1-3-5-15)23-24(26)27-14-21(28-23)16-7-9-18(29)12-16/h1-5,8,10,13-14,16,18,29H,6-7,9,11-12H2,(H2,26,27)/t16-,18-/m1/s1. The third-order valence-corrected chi connectivity index (χ3v) is 5.67. The number of carbonyl (C=O) groups is 1. The van der Waals surface area contributed by atoms with Gasteiger partial charge in [0.05, 0.1) is 23.6 Å². The number of hydrogen-bond donors (Lipinski definition) is 2. The van der Waals surface area contributed by atoms with Crippen LogP contribution >= 0.6 is 0 Å². The molecule has 2 aromatic carbocycles. The first-order valence-electron chi connectivity index (χ1n) is 10.2. The minimum absolute atomic E-state index is 0.0660. The Kier molecular flexibility index (Phi) is 5.86. The zero-order chi connectivity index (χ0) is 21.1. The van der Waals surface area contributed by atoms with Gasteiger partial charge in [-0.15, -0.1) is 0 Å². The molecule has 0 aliphatic heterocycles. The van der Waals surface area contributed by atoms with Crippen molar-refractivity contribution < 1.29 is 14.3 Å². The van der Waals surface area contributed by atoms with Crippen LogP contribution in [0.2, 0.25) is 0 Å². The predicted molar refractivity (Wildman–Crippen MR) is 114 cm³/mol. The quantitative estimate of drug-likeness (QED) is 0.597. The number of aliphatic hydroxyl groups excluding tert-OH is 1. The Bertz CT molecular complexity index is 1060. The second kappa shape index (κ2) is 8.71. The smallest absolute Gasteiger partial charge is 0.166 e. The summed E-state index contributed by atoms with van der Waals surface area (Å²) in [5, 5.41) is 9.78. The minimum Gasteiger partial charge on any atom is -0.393 e. The highest BCUT2D eigenvalue weighted by atomic mass is 19.1. The van der Waals surface area contributed by atoms with Gasteiger partial charge in [-0.25, -0.2) is 14.4 Å². The summed E-state index contributed by atoms with van der Waals surface area (Å²) in [5.74, 6) is -0.500. The highest BCUT2D eigenvalue weighted by Crippen LogP contribution is 2.35. The number of ketones is 1. The Morgan fingerprint density at radius 3 is 2.67 bits per heavy atom. The van der Waals surface area contributed by atoms with Gasteiger partial charge in [-0.05, 0) is 43.4 Å². The molecule has 1 aliphatic rings. The molecule has 4 rings (SSSR count). The molecule has 1 aromatic heterocycles. The van der Waals surface area contributed by atoms with Crippen LogP contribution in [0.3, 0.4) is 0 Å². The first-order valence-corrected chi connectivity index (χ1v) is 10.2. The Morgan fingerprint density at radius 2 is 1.97 bits per heavy atom. The number of nitrogens with zero attached hydrogens (tertiary/aromatic N) is 2. The average molecular weight is 405 g/mol. The maximum atomic E-state index is 14.8. The Labute approximate surface area is 174 Å². The number of carbonyl (C=O) groups excluding carboxylic acids is 1. The molecule has 6 heteroatoms. The molecular formula is C24H24FN3O2. The molecule has 3 N–H and O–H groups in total. The summed E-state index contributed by atoms with van der Waals surface area (Å²) in [6.45, 7) is 0. The number of halogens is 1. The maximum Gasteiger partial charge on any atom is 0.166 e. The van der Waals surface area contributed by atoms with Crippen LogP contribution in [0.5, 0.6) is 0 Å². The van der Waals surface area contributed by atoms with Gasteiger partial charge in [0.25, 0.3) is 0 Å². The fourth-order valence-electron chi connectivity index (χ4n) is 3.97. The monoisotopic (exact) mass is 405 g/mol. The van der Waals surface area contributed by atoms with Crippen molar-refractivity contribution in [3.8, 4) is 11.3 Å². The zero-order valence-corrected chi connectivity index (χ0v) is 16.6. The summed E-state index contributed by atoms with van der Waals surface area (Å²) in [4.78, 5) is 21.3. The first-order chi connectivity index (χ1) is 14.5. The molecule has 0 spiro atoms. The number of hydrogen-bond acceptors (Lipinski definition) is 5. The SMILES string of the molecule is Nc1ncc([C@@H]2CC[C@@H](O)C2)nc1-c1ccc(C(=O)CCc2ccccc2)c(F)c1. The van der Waals surface area contributed by atoms with E-state index in [9.17, 15) is 14.3 Å². The van der Waals surface area contributed by atoms with Crippen molar-refractivity contribution in [1.82, 2.24) is 9.97 Å². The van der Waals surface area contributed by atoms with E-state index in [1.165, 1.54) is 12.1 Å². The lowest BCUT2D eigenvalue weighted by Crippen LogP contribution is -2.07. The van der Waals surface area contributed by atoms with Gasteiger partial charge in [-0.3, -0.25) is 4.79 Å². The maximum absolute atomic E-state index is 14.8. The summed E-state index contributed by atoms with van der Waals surface area (Å²) >= 11 is 0. The number of aliphatic hydroxyl groups is 1. The third kappa shape index (κ3) is 4.39. The molecule has 2 atom stereocenters. The molecule has 154 valence electrons. The lowest BCUT2D eigenvalue weighted by atomic mass is 10.00. The molecule has 1 saturated carbocycles. The van der Waals surface area contributed by atoms with E-state index >= 15 is 0 Å². The molecule has 1 heterocycles. The second-order valence-corrected chi connectivity index (χ2v) is 7.80. The normalized spacial score (nSPS) is 18.5. The number of nitrogens with two attached hydrogens (primary N) is 1. The van der Waals surface area contributed by atoms with Crippen molar-refractivity contribution in [1.29, 1.82) is 0 Å². The van der Waals surface area contributed by atoms with Gasteiger partial charge in [0.2, 0.25) is 0 Å². The van der Waals surface area contributed by atoms with Gasteiger partial charge < -0.3 is 10.8 Å². The lowest BCUT2D eigenvalue weighted by Gasteiger charge is -2.12. The van der Waals surface area contributed by atoms with Gasteiger partial charge >= 0.3 is 0 Å². The van der Waals surface area contributed by atoms with E-state index < -0.39 is 5.82 Å². The van der Waals surface area contributed by atoms with Crippen molar-refractivity contribution in [2.75, 3.05) is 5.73 Å². The van der Waals surface area contributed by atoms with E-state index in [-0.39, 0.29) is 35.6 Å². The van der Waals surface area contributed by atoms with E-state index in [4.69, 9.17) is 5.73 Å². The van der Waals surface area contributed by atoms with E-state index in [2.05, 4.69) is 9.97 Å². The number of anilines is 1. The summed E-state index contributed by atoms with van der Waals surface area (Å²) < 4.78 is 14.8. The van der Waals surface area contributed by atoms with E-state index in [0.29, 0.717) is 24.1 Å². The van der Waals surface area contributed by atoms with Gasteiger partial charge in [-0.2, -0.15) is 0 Å². The highest BCUT2D eigenvalue weighted by molar-refractivity contribution is 5.97. The third-order valence-electron chi connectivity index (χ3n) is 5.67.